The van der Waals surface area contributed by atoms with Gasteiger partial charge in [0.2, 0.25) is 0 Å². The van der Waals surface area contributed by atoms with Gasteiger partial charge in [0.1, 0.15) is 0 Å². The zero-order chi connectivity index (χ0) is 7.68. The first-order valence-corrected chi connectivity index (χ1v) is 4.55. The van der Waals surface area contributed by atoms with Gasteiger partial charge in [0.05, 0.1) is 6.54 Å². The zero-order valence-electron chi connectivity index (χ0n) is 6.46. The summed E-state index contributed by atoms with van der Waals surface area (Å²) in [5.41, 5.74) is 0. The Kier molecular flexibility index (Phi) is 1.90. The van der Waals surface area contributed by atoms with Crippen molar-refractivity contribution in [3.05, 3.63) is 0 Å². The SMILES string of the molecule is ClCCN1CCN2CCN=C12. The second-order valence-corrected chi connectivity index (χ2v) is 3.22. The van der Waals surface area contributed by atoms with Gasteiger partial charge >= 0.3 is 0 Å². The minimum atomic E-state index is 0.701. The third-order valence-electron chi connectivity index (χ3n) is 2.18. The van der Waals surface area contributed by atoms with Crippen molar-refractivity contribution < 1.29 is 0 Å². The van der Waals surface area contributed by atoms with E-state index >= 15 is 0 Å². The molecule has 0 aromatic carbocycles. The molecule has 0 saturated carbocycles. The van der Waals surface area contributed by atoms with Crippen LogP contribution >= 0.6 is 11.6 Å². The summed E-state index contributed by atoms with van der Waals surface area (Å²) in [6.45, 7) is 5.25. The topological polar surface area (TPSA) is 18.8 Å². The van der Waals surface area contributed by atoms with Crippen molar-refractivity contribution in [1.29, 1.82) is 0 Å². The smallest absolute Gasteiger partial charge is 0.196 e. The second kappa shape index (κ2) is 2.89. The standard InChI is InChI=1S/C7H12ClN3/c8-1-3-10-5-6-11-4-2-9-7(10)11/h1-6H2. The number of guanidine groups is 1. The minimum Gasteiger partial charge on any atom is -0.340 e. The van der Waals surface area contributed by atoms with Crippen molar-refractivity contribution in [3.8, 4) is 0 Å². The highest BCUT2D eigenvalue weighted by molar-refractivity contribution is 6.18. The number of nitrogens with zero attached hydrogens (tertiary/aromatic N) is 3. The largest absolute Gasteiger partial charge is 0.340 e. The number of halogens is 1. The quantitative estimate of drug-likeness (QED) is 0.557. The van der Waals surface area contributed by atoms with Gasteiger partial charge in [-0.15, -0.1) is 11.6 Å². The Hall–Kier alpha value is -0.440. The Bertz CT molecular complexity index is 179. The van der Waals surface area contributed by atoms with Crippen LogP contribution < -0.4 is 0 Å². The second-order valence-electron chi connectivity index (χ2n) is 2.84. The molecule has 2 heterocycles. The maximum absolute atomic E-state index is 5.66. The van der Waals surface area contributed by atoms with E-state index in [1.807, 2.05) is 0 Å². The van der Waals surface area contributed by atoms with Gasteiger partial charge in [-0.3, -0.25) is 4.99 Å². The van der Waals surface area contributed by atoms with Gasteiger partial charge in [0.15, 0.2) is 5.96 Å². The Morgan fingerprint density at radius 2 is 2.27 bits per heavy atom. The van der Waals surface area contributed by atoms with Crippen LogP contribution in [0.2, 0.25) is 0 Å². The summed E-state index contributed by atoms with van der Waals surface area (Å²) >= 11 is 5.66. The fourth-order valence-electron chi connectivity index (χ4n) is 1.64. The van der Waals surface area contributed by atoms with Gasteiger partial charge in [-0.2, -0.15) is 0 Å². The number of alkyl halides is 1. The van der Waals surface area contributed by atoms with E-state index in [1.165, 1.54) is 5.96 Å². The van der Waals surface area contributed by atoms with Crippen LogP contribution in [0.3, 0.4) is 0 Å². The molecule has 0 N–H and O–H groups in total. The molecule has 11 heavy (non-hydrogen) atoms. The molecule has 4 heteroatoms. The molecule has 0 atom stereocenters. The van der Waals surface area contributed by atoms with Crippen molar-refractivity contribution in [2.24, 2.45) is 4.99 Å². The van der Waals surface area contributed by atoms with Gasteiger partial charge in [-0.25, -0.2) is 0 Å². The number of aliphatic imine (C=N–C) groups is 1. The minimum absolute atomic E-state index is 0.701. The predicted molar refractivity (Wildman–Crippen MR) is 46.2 cm³/mol. The molecule has 2 aliphatic heterocycles. The molecular formula is C7H12ClN3. The first kappa shape index (κ1) is 7.22. The molecular weight excluding hydrogens is 162 g/mol. The average molecular weight is 174 g/mol. The average Bonchev–Trinajstić information content (AvgIpc) is 2.53. The summed E-state index contributed by atoms with van der Waals surface area (Å²) < 4.78 is 0. The highest BCUT2D eigenvalue weighted by Gasteiger charge is 2.28. The number of hydrogen-bond donors (Lipinski definition) is 0. The van der Waals surface area contributed by atoms with Crippen molar-refractivity contribution in [3.63, 3.8) is 0 Å². The van der Waals surface area contributed by atoms with E-state index in [9.17, 15) is 0 Å². The van der Waals surface area contributed by atoms with Crippen LogP contribution in [0.1, 0.15) is 0 Å². The molecule has 0 aliphatic carbocycles. The van der Waals surface area contributed by atoms with Gasteiger partial charge in [-0.05, 0) is 0 Å². The summed E-state index contributed by atoms with van der Waals surface area (Å²) in [6.07, 6.45) is 0. The zero-order valence-corrected chi connectivity index (χ0v) is 7.22. The van der Waals surface area contributed by atoms with Gasteiger partial charge < -0.3 is 9.80 Å². The van der Waals surface area contributed by atoms with E-state index in [2.05, 4.69) is 14.8 Å². The van der Waals surface area contributed by atoms with Crippen molar-refractivity contribution in [1.82, 2.24) is 9.80 Å². The van der Waals surface area contributed by atoms with E-state index in [4.69, 9.17) is 11.6 Å². The lowest BCUT2D eigenvalue weighted by Crippen LogP contribution is -2.31. The lowest BCUT2D eigenvalue weighted by Gasteiger charge is -2.16. The molecule has 2 aliphatic rings. The molecule has 0 aromatic rings. The first-order chi connectivity index (χ1) is 5.42. The number of fused-ring (bicyclic) bond motifs is 1. The Morgan fingerprint density at radius 3 is 3.09 bits per heavy atom. The monoisotopic (exact) mass is 173 g/mol. The van der Waals surface area contributed by atoms with E-state index < -0.39 is 0 Å². The highest BCUT2D eigenvalue weighted by Crippen LogP contribution is 2.12. The third kappa shape index (κ3) is 1.18. The third-order valence-corrected chi connectivity index (χ3v) is 2.35. The molecule has 0 spiro atoms. The van der Waals surface area contributed by atoms with Crippen LogP contribution in [-0.2, 0) is 0 Å². The van der Waals surface area contributed by atoms with Gasteiger partial charge in [0.25, 0.3) is 0 Å². The van der Waals surface area contributed by atoms with Crippen LogP contribution in [0, 0.1) is 0 Å². The van der Waals surface area contributed by atoms with Crippen molar-refractivity contribution in [2.75, 3.05) is 38.6 Å². The summed E-state index contributed by atoms with van der Waals surface area (Å²) in [6, 6.07) is 0. The summed E-state index contributed by atoms with van der Waals surface area (Å²) in [7, 11) is 0. The fourth-order valence-corrected chi connectivity index (χ4v) is 1.84. The highest BCUT2D eigenvalue weighted by atomic mass is 35.5. The Labute approximate surface area is 71.6 Å². The van der Waals surface area contributed by atoms with E-state index in [0.717, 1.165) is 32.7 Å². The molecule has 2 rings (SSSR count). The van der Waals surface area contributed by atoms with Crippen molar-refractivity contribution >= 4 is 17.6 Å². The maximum Gasteiger partial charge on any atom is 0.196 e. The summed E-state index contributed by atoms with van der Waals surface area (Å²) in [4.78, 5) is 9.00. The van der Waals surface area contributed by atoms with E-state index in [0.29, 0.717) is 5.88 Å². The molecule has 0 amide bonds. The fraction of sp³-hybridized carbons (Fsp3) is 0.857. The molecule has 3 nitrogen and oxygen atoms in total. The summed E-state index contributed by atoms with van der Waals surface area (Å²) in [5.74, 6) is 1.87. The van der Waals surface area contributed by atoms with Crippen LogP contribution in [-0.4, -0.2) is 54.4 Å². The number of hydrogen-bond acceptors (Lipinski definition) is 3. The maximum atomic E-state index is 5.66. The van der Waals surface area contributed by atoms with Crippen LogP contribution in [0.15, 0.2) is 4.99 Å². The van der Waals surface area contributed by atoms with Crippen LogP contribution in [0.4, 0.5) is 0 Å². The molecule has 0 bridgehead atoms. The van der Waals surface area contributed by atoms with Crippen LogP contribution in [0.25, 0.3) is 0 Å². The molecule has 1 saturated heterocycles. The molecule has 1 fully saturated rings. The van der Waals surface area contributed by atoms with Crippen LogP contribution in [0.5, 0.6) is 0 Å². The Balaban J connectivity index is 2.02. The molecule has 0 radical (unpaired) electrons. The van der Waals surface area contributed by atoms with E-state index in [1.54, 1.807) is 0 Å². The summed E-state index contributed by atoms with van der Waals surface area (Å²) in [5, 5.41) is 0. The number of rotatable bonds is 2. The van der Waals surface area contributed by atoms with Gasteiger partial charge in [0, 0.05) is 32.1 Å². The predicted octanol–water partition coefficient (Wildman–Crippen LogP) is 0.212. The molecule has 0 unspecified atom stereocenters. The normalized spacial score (nSPS) is 22.5. The molecule has 0 aromatic heterocycles. The van der Waals surface area contributed by atoms with Gasteiger partial charge in [-0.1, -0.05) is 0 Å². The Morgan fingerprint density at radius 1 is 1.36 bits per heavy atom. The van der Waals surface area contributed by atoms with Crippen molar-refractivity contribution in [2.45, 2.75) is 0 Å². The molecule has 62 valence electrons. The van der Waals surface area contributed by atoms with E-state index in [-0.39, 0.29) is 0 Å². The lowest BCUT2D eigenvalue weighted by atomic mass is 10.5. The lowest BCUT2D eigenvalue weighted by molar-refractivity contribution is 0.479. The first-order valence-electron chi connectivity index (χ1n) is 4.02.